The second-order valence-corrected chi connectivity index (χ2v) is 10.8. The molecule has 0 spiro atoms. The number of amides is 3. The molecule has 0 aliphatic carbocycles. The van der Waals surface area contributed by atoms with Crippen LogP contribution in [0, 0.1) is 12.0 Å². The number of nitrogens with two attached hydrogens (primary N) is 1. The minimum absolute atomic E-state index is 0.0722. The molecule has 0 saturated carbocycles. The molecule has 0 bridgehead atoms. The summed E-state index contributed by atoms with van der Waals surface area (Å²) in [5, 5.41) is 11.8. The molecule has 0 aliphatic heterocycles. The van der Waals surface area contributed by atoms with Gasteiger partial charge in [-0.2, -0.15) is 0 Å². The van der Waals surface area contributed by atoms with E-state index in [2.05, 4.69) is 32.0 Å². The number of nitrogens with one attached hydrogen (secondary N) is 3. The van der Waals surface area contributed by atoms with Crippen molar-refractivity contribution in [1.29, 1.82) is 0 Å². The van der Waals surface area contributed by atoms with Gasteiger partial charge in [0, 0.05) is 23.6 Å². The molecule has 1 aromatic carbocycles. The number of anilines is 1. The van der Waals surface area contributed by atoms with Crippen LogP contribution in [0.3, 0.4) is 0 Å². The van der Waals surface area contributed by atoms with Crippen LogP contribution in [-0.4, -0.2) is 122 Å². The Bertz CT molecular complexity index is 1030. The lowest BCUT2D eigenvalue weighted by Gasteiger charge is -2.25. The fourth-order valence-electron chi connectivity index (χ4n) is 4.02. The molecule has 1 radical (unpaired) electrons. The topological polar surface area (TPSA) is 217 Å². The molecular weight excluding hydrogens is 626 g/mol. The van der Waals surface area contributed by atoms with Crippen LogP contribution in [0.5, 0.6) is 0 Å². The van der Waals surface area contributed by atoms with Crippen molar-refractivity contribution in [2.45, 2.75) is 51.6 Å². The van der Waals surface area contributed by atoms with Gasteiger partial charge in [0.1, 0.15) is 12.1 Å². The highest BCUT2D eigenvalue weighted by Crippen LogP contribution is 2.10. The zero-order valence-corrected chi connectivity index (χ0v) is 28.4. The van der Waals surface area contributed by atoms with Gasteiger partial charge in [-0.15, -0.1) is 0 Å². The molecule has 0 saturated heterocycles. The van der Waals surface area contributed by atoms with Crippen molar-refractivity contribution in [3.63, 3.8) is 0 Å². The number of hydrogen-bond donors (Lipinski definition) is 4. The van der Waals surface area contributed by atoms with Gasteiger partial charge in [-0.3, -0.25) is 14.4 Å². The van der Waals surface area contributed by atoms with Crippen molar-refractivity contribution in [1.82, 2.24) is 10.6 Å². The van der Waals surface area contributed by atoms with E-state index in [0.29, 0.717) is 104 Å². The Hall–Kier alpha value is -3.34. The molecule has 1 rings (SSSR count). The predicted molar refractivity (Wildman–Crippen MR) is 179 cm³/mol. The predicted octanol–water partition coefficient (Wildman–Crippen LogP) is 1.98. The van der Waals surface area contributed by atoms with Gasteiger partial charge >= 0.3 is 0 Å². The van der Waals surface area contributed by atoms with Gasteiger partial charge in [0.25, 0.3) is 0 Å². The van der Waals surface area contributed by atoms with Gasteiger partial charge in [-0.25, -0.2) is 0 Å². The lowest BCUT2D eigenvalue weighted by atomic mass is 10.0. The summed E-state index contributed by atoms with van der Waals surface area (Å²) in [5.74, 6) is -1.30. The largest absolute Gasteiger partial charge is 0.379 e. The Morgan fingerprint density at radius 1 is 0.792 bits per heavy atom. The summed E-state index contributed by atoms with van der Waals surface area (Å²) < 4.78 is 32.4. The third-order valence-corrected chi connectivity index (χ3v) is 6.56. The normalized spacial score (nSPS) is 12.2. The third kappa shape index (κ3) is 23.1. The Labute approximate surface area is 283 Å². The quantitative estimate of drug-likeness (QED) is 0.0387. The third-order valence-electron chi connectivity index (χ3n) is 6.56. The monoisotopic (exact) mass is 680 g/mol. The summed E-state index contributed by atoms with van der Waals surface area (Å²) in [5.41, 5.74) is 14.4. The molecule has 0 heterocycles. The minimum Gasteiger partial charge on any atom is -0.379 e. The lowest BCUT2D eigenvalue weighted by Crippen LogP contribution is -2.54. The molecule has 2 atom stereocenters. The number of benzene rings is 1. The second-order valence-electron chi connectivity index (χ2n) is 10.8. The standard InChI is InChI=1S/C32H54N7O9/c1-26(2)30(32(42)37-28(10-6-7-12-33)31(41)36-27-8-4-3-5-9-27)38-29(40)11-14-43-16-18-45-20-22-47-24-25-48-23-21-46-19-17-44-15-13-35-39-34/h4-5,8-9,26,28,30H,6-7,10-25,33H2,1-2H3,(H,36,41)(H,37,42)(H,38,40)/t28-,30-/m0/s1. The van der Waals surface area contributed by atoms with E-state index < -0.39 is 18.0 Å². The first-order valence-corrected chi connectivity index (χ1v) is 16.4. The average molecular weight is 681 g/mol. The summed E-state index contributed by atoms with van der Waals surface area (Å²) in [6, 6.07) is 8.11. The van der Waals surface area contributed by atoms with Gasteiger partial charge < -0.3 is 50.1 Å². The van der Waals surface area contributed by atoms with Gasteiger partial charge in [0.05, 0.1) is 79.3 Å². The van der Waals surface area contributed by atoms with Crippen LogP contribution >= 0.6 is 0 Å². The zero-order valence-electron chi connectivity index (χ0n) is 28.4. The number of rotatable bonds is 31. The maximum absolute atomic E-state index is 13.2. The van der Waals surface area contributed by atoms with E-state index in [-0.39, 0.29) is 30.8 Å². The highest BCUT2D eigenvalue weighted by atomic mass is 16.6. The molecular formula is C32H54N7O9. The van der Waals surface area contributed by atoms with Crippen LogP contribution in [0.1, 0.15) is 39.5 Å². The SMILES string of the molecule is CC(C)[C@H](NC(=O)CCOCCOCCOCCOCCOCCOCCN=[N+]=[N-])C(=O)N[C@@H](CCCCN)C(=O)Nc1cc[c]cc1. The molecule has 48 heavy (non-hydrogen) atoms. The molecule has 16 nitrogen and oxygen atoms in total. The first kappa shape index (κ1) is 42.7. The fraction of sp³-hybridized carbons (Fsp3) is 0.719. The Balaban J connectivity index is 2.15. The summed E-state index contributed by atoms with van der Waals surface area (Å²) >= 11 is 0. The van der Waals surface area contributed by atoms with E-state index >= 15 is 0 Å². The van der Waals surface area contributed by atoms with Crippen molar-refractivity contribution in [2.24, 2.45) is 16.8 Å². The maximum Gasteiger partial charge on any atom is 0.246 e. The van der Waals surface area contributed by atoms with Crippen LogP contribution in [0.25, 0.3) is 10.4 Å². The first-order chi connectivity index (χ1) is 23.4. The number of carbonyl (C=O) groups excluding carboxylic acids is 3. The Morgan fingerprint density at radius 2 is 1.31 bits per heavy atom. The van der Waals surface area contributed by atoms with Crippen molar-refractivity contribution < 1.29 is 42.8 Å². The lowest BCUT2D eigenvalue weighted by molar-refractivity contribution is -0.132. The molecule has 271 valence electrons. The van der Waals surface area contributed by atoms with E-state index in [1.165, 1.54) is 0 Å². The van der Waals surface area contributed by atoms with E-state index in [1.807, 2.05) is 13.8 Å². The summed E-state index contributed by atoms with van der Waals surface area (Å²) in [7, 11) is 0. The van der Waals surface area contributed by atoms with Crippen molar-refractivity contribution in [3.05, 3.63) is 40.8 Å². The van der Waals surface area contributed by atoms with Crippen molar-refractivity contribution in [2.75, 3.05) is 97.7 Å². The van der Waals surface area contributed by atoms with E-state index in [1.54, 1.807) is 24.3 Å². The van der Waals surface area contributed by atoms with Crippen molar-refractivity contribution in [3.8, 4) is 0 Å². The molecule has 16 heteroatoms. The maximum atomic E-state index is 13.2. The van der Waals surface area contributed by atoms with Crippen LogP contribution in [0.4, 0.5) is 5.69 Å². The van der Waals surface area contributed by atoms with Gasteiger partial charge in [-0.05, 0) is 55.5 Å². The number of unbranched alkanes of at least 4 members (excludes halogenated alkanes) is 1. The van der Waals surface area contributed by atoms with E-state index in [9.17, 15) is 14.4 Å². The van der Waals surface area contributed by atoms with Gasteiger partial charge in [0.2, 0.25) is 17.7 Å². The molecule has 0 unspecified atom stereocenters. The molecule has 3 amide bonds. The molecule has 5 N–H and O–H groups in total. The minimum atomic E-state index is -0.816. The Morgan fingerprint density at radius 3 is 1.81 bits per heavy atom. The second kappa shape index (κ2) is 29.8. The van der Waals surface area contributed by atoms with Gasteiger partial charge in [-0.1, -0.05) is 31.1 Å². The summed E-state index contributed by atoms with van der Waals surface area (Å²) in [6.07, 6.45) is 1.88. The van der Waals surface area contributed by atoms with Crippen LogP contribution in [-0.2, 0) is 42.8 Å². The number of nitrogens with zero attached hydrogens (tertiary/aromatic N) is 3. The smallest absolute Gasteiger partial charge is 0.246 e. The van der Waals surface area contributed by atoms with Crippen molar-refractivity contribution >= 4 is 23.4 Å². The van der Waals surface area contributed by atoms with Gasteiger partial charge in [0.15, 0.2) is 0 Å². The number of ether oxygens (including phenoxy) is 6. The first-order valence-electron chi connectivity index (χ1n) is 16.4. The number of carbonyl (C=O) groups is 3. The average Bonchev–Trinajstić information content (AvgIpc) is 3.07. The highest BCUT2D eigenvalue weighted by Gasteiger charge is 2.28. The zero-order chi connectivity index (χ0) is 35.1. The molecule has 0 aliphatic rings. The summed E-state index contributed by atoms with van der Waals surface area (Å²) in [4.78, 5) is 41.3. The van der Waals surface area contributed by atoms with E-state index in [0.717, 1.165) is 6.42 Å². The highest BCUT2D eigenvalue weighted by molar-refractivity contribution is 5.98. The number of hydrogen-bond acceptors (Lipinski definition) is 11. The number of azide groups is 1. The summed E-state index contributed by atoms with van der Waals surface area (Å²) in [6.45, 7) is 9.09. The van der Waals surface area contributed by atoms with E-state index in [4.69, 9.17) is 39.7 Å². The fourth-order valence-corrected chi connectivity index (χ4v) is 4.02. The molecule has 0 fully saturated rings. The molecule has 0 aromatic heterocycles. The van der Waals surface area contributed by atoms with Crippen LogP contribution in [0.15, 0.2) is 29.4 Å². The molecule has 1 aromatic rings. The van der Waals surface area contributed by atoms with Crippen LogP contribution < -0.4 is 21.7 Å². The van der Waals surface area contributed by atoms with Crippen LogP contribution in [0.2, 0.25) is 0 Å². The Kier molecular flexibility index (Phi) is 26.5.